The van der Waals surface area contributed by atoms with Crippen LogP contribution in [-0.4, -0.2) is 50.2 Å². The molecule has 1 aromatic rings. The molecule has 1 aliphatic heterocycles. The zero-order valence-electron chi connectivity index (χ0n) is 14.0. The maximum atomic E-state index is 4.55. The molecule has 1 aromatic heterocycles. The molecular weight excluding hydrogens is 260 g/mol. The lowest BCUT2D eigenvalue weighted by molar-refractivity contribution is 0.395. The van der Waals surface area contributed by atoms with Crippen LogP contribution in [0.1, 0.15) is 38.3 Å². The normalized spacial score (nSPS) is 20.7. The van der Waals surface area contributed by atoms with Gasteiger partial charge >= 0.3 is 0 Å². The van der Waals surface area contributed by atoms with E-state index in [1.165, 1.54) is 25.1 Å². The molecule has 1 N–H and O–H groups in total. The van der Waals surface area contributed by atoms with Crippen LogP contribution < -0.4 is 10.2 Å². The maximum Gasteiger partial charge on any atom is 0.128 e. The number of pyridine rings is 1. The lowest BCUT2D eigenvalue weighted by Gasteiger charge is -2.23. The molecule has 2 atom stereocenters. The second-order valence-corrected chi connectivity index (χ2v) is 6.42. The van der Waals surface area contributed by atoms with Gasteiger partial charge in [-0.2, -0.15) is 0 Å². The van der Waals surface area contributed by atoms with Gasteiger partial charge in [-0.25, -0.2) is 4.98 Å². The first kappa shape index (κ1) is 16.2. The van der Waals surface area contributed by atoms with Crippen molar-refractivity contribution in [3.8, 4) is 0 Å². The van der Waals surface area contributed by atoms with E-state index in [2.05, 4.69) is 60.2 Å². The number of hydrogen-bond donors (Lipinski definition) is 1. The molecule has 2 unspecified atom stereocenters. The average molecular weight is 290 g/mol. The van der Waals surface area contributed by atoms with Crippen molar-refractivity contribution in [1.29, 1.82) is 0 Å². The molecule has 1 fully saturated rings. The molecule has 2 rings (SSSR count). The van der Waals surface area contributed by atoms with Gasteiger partial charge in [-0.3, -0.25) is 0 Å². The molecule has 1 saturated heterocycles. The largest absolute Gasteiger partial charge is 0.359 e. The minimum absolute atomic E-state index is 0.387. The third-order valence-corrected chi connectivity index (χ3v) is 4.38. The van der Waals surface area contributed by atoms with E-state index in [0.717, 1.165) is 31.2 Å². The lowest BCUT2D eigenvalue weighted by Crippen LogP contribution is -2.28. The van der Waals surface area contributed by atoms with E-state index in [4.69, 9.17) is 0 Å². The first-order chi connectivity index (χ1) is 10.1. The topological polar surface area (TPSA) is 31.4 Å². The molecule has 0 saturated carbocycles. The van der Waals surface area contributed by atoms with Crippen LogP contribution >= 0.6 is 0 Å². The molecule has 4 nitrogen and oxygen atoms in total. The number of hydrogen-bond acceptors (Lipinski definition) is 4. The van der Waals surface area contributed by atoms with E-state index < -0.39 is 0 Å². The SMILES string of the molecule is CCCNC(C)c1ccnc(N(C)CC2CCN(C)C2)c1. The summed E-state index contributed by atoms with van der Waals surface area (Å²) in [6.07, 6.45) is 4.40. The van der Waals surface area contributed by atoms with Crippen molar-refractivity contribution >= 4 is 5.82 Å². The van der Waals surface area contributed by atoms with Crippen molar-refractivity contribution in [1.82, 2.24) is 15.2 Å². The Morgan fingerprint density at radius 1 is 1.52 bits per heavy atom. The smallest absolute Gasteiger partial charge is 0.128 e. The highest BCUT2D eigenvalue weighted by Gasteiger charge is 2.21. The van der Waals surface area contributed by atoms with Gasteiger partial charge in [-0.15, -0.1) is 0 Å². The molecular formula is C17H30N4. The van der Waals surface area contributed by atoms with Gasteiger partial charge in [-0.1, -0.05) is 6.92 Å². The van der Waals surface area contributed by atoms with E-state index in [-0.39, 0.29) is 0 Å². The molecule has 4 heteroatoms. The Balaban J connectivity index is 1.95. The van der Waals surface area contributed by atoms with Gasteiger partial charge in [0.05, 0.1) is 0 Å². The van der Waals surface area contributed by atoms with Gasteiger partial charge in [0.2, 0.25) is 0 Å². The Kier molecular flexibility index (Phi) is 6.00. The van der Waals surface area contributed by atoms with E-state index >= 15 is 0 Å². The number of likely N-dealkylation sites (tertiary alicyclic amines) is 1. The molecule has 0 aromatic carbocycles. The number of aromatic nitrogens is 1. The highest BCUT2D eigenvalue weighted by atomic mass is 15.2. The summed E-state index contributed by atoms with van der Waals surface area (Å²) in [5.41, 5.74) is 1.32. The first-order valence-electron chi connectivity index (χ1n) is 8.19. The summed E-state index contributed by atoms with van der Waals surface area (Å²) in [4.78, 5) is 9.27. The number of nitrogens with zero attached hydrogens (tertiary/aromatic N) is 3. The Bertz CT molecular complexity index is 435. The van der Waals surface area contributed by atoms with Crippen molar-refractivity contribution < 1.29 is 0 Å². The maximum absolute atomic E-state index is 4.55. The van der Waals surface area contributed by atoms with Gasteiger partial charge in [0.1, 0.15) is 5.82 Å². The molecule has 0 spiro atoms. The first-order valence-corrected chi connectivity index (χ1v) is 8.19. The Morgan fingerprint density at radius 3 is 3.00 bits per heavy atom. The van der Waals surface area contributed by atoms with Crippen LogP contribution in [0.25, 0.3) is 0 Å². The molecule has 1 aliphatic rings. The van der Waals surface area contributed by atoms with Gasteiger partial charge in [-0.05, 0) is 63.5 Å². The second kappa shape index (κ2) is 7.76. The van der Waals surface area contributed by atoms with Gasteiger partial charge in [0.15, 0.2) is 0 Å². The monoisotopic (exact) mass is 290 g/mol. The van der Waals surface area contributed by atoms with Crippen LogP contribution in [0.4, 0.5) is 5.82 Å². The minimum Gasteiger partial charge on any atom is -0.359 e. The van der Waals surface area contributed by atoms with E-state index in [9.17, 15) is 0 Å². The summed E-state index contributed by atoms with van der Waals surface area (Å²) < 4.78 is 0. The average Bonchev–Trinajstić information content (AvgIpc) is 2.90. The predicted octanol–water partition coefficient (Wildman–Crippen LogP) is 2.53. The summed E-state index contributed by atoms with van der Waals surface area (Å²) in [5, 5.41) is 3.54. The molecule has 0 amide bonds. The van der Waals surface area contributed by atoms with Crippen LogP contribution in [0.3, 0.4) is 0 Å². The minimum atomic E-state index is 0.387. The third kappa shape index (κ3) is 4.68. The summed E-state index contributed by atoms with van der Waals surface area (Å²) >= 11 is 0. The molecule has 118 valence electrons. The molecule has 2 heterocycles. The molecule has 21 heavy (non-hydrogen) atoms. The van der Waals surface area contributed by atoms with Crippen molar-refractivity contribution in [3.05, 3.63) is 23.9 Å². The molecule has 0 radical (unpaired) electrons. The molecule has 0 aliphatic carbocycles. The standard InChI is InChI=1S/C17H30N4/c1-5-8-18-14(2)16-6-9-19-17(11-16)21(4)13-15-7-10-20(3)12-15/h6,9,11,14-15,18H,5,7-8,10,12-13H2,1-4H3. The van der Waals surface area contributed by atoms with Crippen molar-refractivity contribution in [2.75, 3.05) is 45.2 Å². The summed E-state index contributed by atoms with van der Waals surface area (Å²) in [6, 6.07) is 4.73. The Hall–Kier alpha value is -1.13. The quantitative estimate of drug-likeness (QED) is 0.836. The van der Waals surface area contributed by atoms with E-state index in [0.29, 0.717) is 6.04 Å². The summed E-state index contributed by atoms with van der Waals surface area (Å²) in [5.74, 6) is 1.85. The van der Waals surface area contributed by atoms with Crippen LogP contribution in [0, 0.1) is 5.92 Å². The van der Waals surface area contributed by atoms with Crippen molar-refractivity contribution in [3.63, 3.8) is 0 Å². The van der Waals surface area contributed by atoms with Crippen LogP contribution in [0.15, 0.2) is 18.3 Å². The van der Waals surface area contributed by atoms with Gasteiger partial charge in [0, 0.05) is 32.4 Å². The number of rotatable bonds is 7. The van der Waals surface area contributed by atoms with Crippen LogP contribution in [0.5, 0.6) is 0 Å². The fraction of sp³-hybridized carbons (Fsp3) is 0.706. The summed E-state index contributed by atoms with van der Waals surface area (Å²) in [6.45, 7) is 9.01. The Labute approximate surface area is 129 Å². The van der Waals surface area contributed by atoms with E-state index in [1.807, 2.05) is 6.20 Å². The van der Waals surface area contributed by atoms with Crippen LogP contribution in [-0.2, 0) is 0 Å². The Morgan fingerprint density at radius 2 is 2.33 bits per heavy atom. The fourth-order valence-corrected chi connectivity index (χ4v) is 3.05. The second-order valence-electron chi connectivity index (χ2n) is 6.42. The zero-order valence-corrected chi connectivity index (χ0v) is 14.0. The van der Waals surface area contributed by atoms with Crippen molar-refractivity contribution in [2.45, 2.75) is 32.7 Å². The predicted molar refractivity (Wildman–Crippen MR) is 89.8 cm³/mol. The van der Waals surface area contributed by atoms with Gasteiger partial charge in [0.25, 0.3) is 0 Å². The lowest BCUT2D eigenvalue weighted by atomic mass is 10.1. The van der Waals surface area contributed by atoms with Crippen LogP contribution in [0.2, 0.25) is 0 Å². The highest BCUT2D eigenvalue weighted by molar-refractivity contribution is 5.41. The molecule has 0 bridgehead atoms. The number of nitrogens with one attached hydrogen (secondary N) is 1. The van der Waals surface area contributed by atoms with Gasteiger partial charge < -0.3 is 15.1 Å². The third-order valence-electron chi connectivity index (χ3n) is 4.38. The van der Waals surface area contributed by atoms with Crippen molar-refractivity contribution in [2.24, 2.45) is 5.92 Å². The zero-order chi connectivity index (χ0) is 15.2. The fourth-order valence-electron chi connectivity index (χ4n) is 3.05. The highest BCUT2D eigenvalue weighted by Crippen LogP contribution is 2.21. The number of anilines is 1. The van der Waals surface area contributed by atoms with E-state index in [1.54, 1.807) is 0 Å². The summed E-state index contributed by atoms with van der Waals surface area (Å²) in [7, 11) is 4.37.